The fourth-order valence-corrected chi connectivity index (χ4v) is 3.39. The Balaban J connectivity index is 2.22. The minimum Gasteiger partial charge on any atom is -0.483 e. The molecule has 1 amide bonds. The lowest BCUT2D eigenvalue weighted by Crippen LogP contribution is -2.43. The van der Waals surface area contributed by atoms with Gasteiger partial charge >= 0.3 is 11.6 Å². The standard InChI is InChI=1S/C20H25NO6S/c1-4-5-13-10-18(23)27-16-9-12(2)8-15(19(13)16)26-11-17(22)21-14(20(24)25)6-7-28-3/h8-10,14H,4-7,11H2,1-3H3,(H,21,22)(H,24,25)/t14-/m0/s1. The molecule has 2 rings (SSSR count). The molecule has 0 aliphatic heterocycles. The first-order chi connectivity index (χ1) is 13.3. The molecule has 1 aromatic heterocycles. The van der Waals surface area contributed by atoms with Crippen LogP contribution in [0.2, 0.25) is 0 Å². The van der Waals surface area contributed by atoms with Crippen LogP contribution in [-0.2, 0) is 16.0 Å². The monoisotopic (exact) mass is 407 g/mol. The third kappa shape index (κ3) is 5.76. The number of thioether (sulfide) groups is 1. The first-order valence-electron chi connectivity index (χ1n) is 9.07. The van der Waals surface area contributed by atoms with Crippen molar-refractivity contribution in [2.24, 2.45) is 0 Å². The van der Waals surface area contributed by atoms with Gasteiger partial charge in [0.25, 0.3) is 5.91 Å². The second-order valence-corrected chi connectivity index (χ2v) is 7.49. The van der Waals surface area contributed by atoms with E-state index in [1.807, 2.05) is 20.1 Å². The van der Waals surface area contributed by atoms with Crippen LogP contribution < -0.4 is 15.7 Å². The molecule has 0 saturated carbocycles. The fourth-order valence-electron chi connectivity index (χ4n) is 2.92. The lowest BCUT2D eigenvalue weighted by molar-refractivity contribution is -0.142. The van der Waals surface area contributed by atoms with Crippen molar-refractivity contribution in [3.63, 3.8) is 0 Å². The van der Waals surface area contributed by atoms with Crippen molar-refractivity contribution in [3.05, 3.63) is 39.7 Å². The van der Waals surface area contributed by atoms with Crippen LogP contribution in [0.1, 0.15) is 30.9 Å². The van der Waals surface area contributed by atoms with Gasteiger partial charge in [0.05, 0.1) is 5.39 Å². The predicted molar refractivity (Wildman–Crippen MR) is 109 cm³/mol. The van der Waals surface area contributed by atoms with Crippen molar-refractivity contribution in [1.82, 2.24) is 5.32 Å². The van der Waals surface area contributed by atoms with E-state index in [0.29, 0.717) is 35.3 Å². The Labute approximate surface area is 167 Å². The van der Waals surface area contributed by atoms with Gasteiger partial charge in [-0.2, -0.15) is 11.8 Å². The summed E-state index contributed by atoms with van der Waals surface area (Å²) in [6.07, 6.45) is 3.71. The van der Waals surface area contributed by atoms with Gasteiger partial charge in [0, 0.05) is 6.07 Å². The Hall–Kier alpha value is -2.48. The first kappa shape index (κ1) is 21.8. The number of carboxylic acids is 1. The molecule has 0 aliphatic carbocycles. The number of carbonyl (C=O) groups excluding carboxylic acids is 1. The van der Waals surface area contributed by atoms with Crippen LogP contribution in [-0.4, -0.2) is 41.6 Å². The van der Waals surface area contributed by atoms with Gasteiger partial charge in [-0.3, -0.25) is 4.79 Å². The molecule has 0 fully saturated rings. The zero-order valence-electron chi connectivity index (χ0n) is 16.2. The lowest BCUT2D eigenvalue weighted by atomic mass is 10.0. The van der Waals surface area contributed by atoms with Gasteiger partial charge < -0.3 is 19.6 Å². The fraction of sp³-hybridized carbons (Fsp3) is 0.450. The maximum Gasteiger partial charge on any atom is 0.336 e. The van der Waals surface area contributed by atoms with Crippen LogP contribution in [0.5, 0.6) is 5.75 Å². The van der Waals surface area contributed by atoms with E-state index in [1.165, 1.54) is 17.8 Å². The molecule has 2 aromatic rings. The van der Waals surface area contributed by atoms with E-state index in [2.05, 4.69) is 5.32 Å². The van der Waals surface area contributed by atoms with E-state index in [1.54, 1.807) is 12.1 Å². The van der Waals surface area contributed by atoms with E-state index in [9.17, 15) is 19.5 Å². The number of hydrogen-bond acceptors (Lipinski definition) is 6. The third-order valence-electron chi connectivity index (χ3n) is 4.16. The zero-order valence-corrected chi connectivity index (χ0v) is 17.1. The highest BCUT2D eigenvalue weighted by atomic mass is 32.2. The van der Waals surface area contributed by atoms with Gasteiger partial charge in [-0.15, -0.1) is 0 Å². The summed E-state index contributed by atoms with van der Waals surface area (Å²) in [6, 6.07) is 4.02. The molecule has 0 saturated heterocycles. The molecule has 0 spiro atoms. The molecule has 0 radical (unpaired) electrons. The summed E-state index contributed by atoms with van der Waals surface area (Å²) < 4.78 is 11.0. The van der Waals surface area contributed by atoms with Crippen molar-refractivity contribution in [2.75, 3.05) is 18.6 Å². The second-order valence-electron chi connectivity index (χ2n) is 6.51. The molecule has 0 aliphatic rings. The number of nitrogens with one attached hydrogen (secondary N) is 1. The molecule has 1 atom stereocenters. The van der Waals surface area contributed by atoms with E-state index in [-0.39, 0.29) is 6.61 Å². The SMILES string of the molecule is CCCc1cc(=O)oc2cc(C)cc(OCC(=O)N[C@@H](CCSC)C(=O)O)c12. The smallest absolute Gasteiger partial charge is 0.336 e. The summed E-state index contributed by atoms with van der Waals surface area (Å²) in [5, 5.41) is 12.4. The van der Waals surface area contributed by atoms with Gasteiger partial charge in [0.15, 0.2) is 6.61 Å². The molecule has 0 unspecified atom stereocenters. The lowest BCUT2D eigenvalue weighted by Gasteiger charge is -2.16. The molecule has 7 nitrogen and oxygen atoms in total. The molecule has 28 heavy (non-hydrogen) atoms. The summed E-state index contributed by atoms with van der Waals surface area (Å²) in [7, 11) is 0. The Morgan fingerprint density at radius 2 is 2.07 bits per heavy atom. The number of carbonyl (C=O) groups is 2. The largest absolute Gasteiger partial charge is 0.483 e. The van der Waals surface area contributed by atoms with Crippen molar-refractivity contribution in [2.45, 2.75) is 39.2 Å². The molecular weight excluding hydrogens is 382 g/mol. The summed E-state index contributed by atoms with van der Waals surface area (Å²) in [4.78, 5) is 35.3. The molecular formula is C20H25NO6S. The van der Waals surface area contributed by atoms with Crippen LogP contribution >= 0.6 is 11.8 Å². The van der Waals surface area contributed by atoms with Gasteiger partial charge in [0.2, 0.25) is 0 Å². The highest BCUT2D eigenvalue weighted by Crippen LogP contribution is 2.30. The number of hydrogen-bond donors (Lipinski definition) is 2. The Morgan fingerprint density at radius 3 is 2.71 bits per heavy atom. The van der Waals surface area contributed by atoms with Crippen LogP contribution in [0.15, 0.2) is 27.4 Å². The number of rotatable bonds is 10. The van der Waals surface area contributed by atoms with Gasteiger partial charge in [-0.25, -0.2) is 9.59 Å². The van der Waals surface area contributed by atoms with Crippen LogP contribution in [0, 0.1) is 6.92 Å². The number of fused-ring (bicyclic) bond motifs is 1. The number of carboxylic acid groups (broad SMARTS) is 1. The van der Waals surface area contributed by atoms with Crippen LogP contribution in [0.25, 0.3) is 11.0 Å². The second kappa shape index (κ2) is 10.2. The Morgan fingerprint density at radius 1 is 1.32 bits per heavy atom. The van der Waals surface area contributed by atoms with Crippen molar-refractivity contribution < 1.29 is 23.8 Å². The minimum absolute atomic E-state index is 0.327. The van der Waals surface area contributed by atoms with Gasteiger partial charge in [-0.05, 0) is 55.0 Å². The number of aryl methyl sites for hydroxylation is 2. The van der Waals surface area contributed by atoms with E-state index < -0.39 is 23.5 Å². The first-order valence-corrected chi connectivity index (χ1v) is 10.5. The molecule has 0 bridgehead atoms. The number of aliphatic carboxylic acids is 1. The number of amides is 1. The maximum atomic E-state index is 12.2. The average molecular weight is 407 g/mol. The quantitative estimate of drug-likeness (QED) is 0.583. The Kier molecular flexibility index (Phi) is 7.92. The minimum atomic E-state index is -1.07. The molecule has 8 heteroatoms. The van der Waals surface area contributed by atoms with Crippen LogP contribution in [0.3, 0.4) is 0 Å². The topological polar surface area (TPSA) is 106 Å². The number of benzene rings is 1. The van der Waals surface area contributed by atoms with Gasteiger partial charge in [-0.1, -0.05) is 13.3 Å². The predicted octanol–water partition coefficient (Wildman–Crippen LogP) is 2.76. The molecule has 1 heterocycles. The van der Waals surface area contributed by atoms with Crippen molar-refractivity contribution in [3.8, 4) is 5.75 Å². The van der Waals surface area contributed by atoms with E-state index >= 15 is 0 Å². The summed E-state index contributed by atoms with van der Waals surface area (Å²) >= 11 is 1.51. The van der Waals surface area contributed by atoms with Gasteiger partial charge in [0.1, 0.15) is 17.4 Å². The summed E-state index contributed by atoms with van der Waals surface area (Å²) in [6.45, 7) is 3.51. The normalized spacial score (nSPS) is 12.0. The van der Waals surface area contributed by atoms with Crippen molar-refractivity contribution in [1.29, 1.82) is 0 Å². The third-order valence-corrected chi connectivity index (χ3v) is 4.80. The zero-order chi connectivity index (χ0) is 20.7. The maximum absolute atomic E-state index is 12.2. The molecule has 2 N–H and O–H groups in total. The van der Waals surface area contributed by atoms with E-state index in [0.717, 1.165) is 17.5 Å². The highest BCUT2D eigenvalue weighted by Gasteiger charge is 2.20. The summed E-state index contributed by atoms with van der Waals surface area (Å²) in [5.74, 6) is -0.527. The highest BCUT2D eigenvalue weighted by molar-refractivity contribution is 7.98. The summed E-state index contributed by atoms with van der Waals surface area (Å²) in [5.41, 5.74) is 1.61. The average Bonchev–Trinajstić information content (AvgIpc) is 2.62. The van der Waals surface area contributed by atoms with Crippen LogP contribution in [0.4, 0.5) is 0 Å². The van der Waals surface area contributed by atoms with Crippen molar-refractivity contribution >= 4 is 34.6 Å². The number of ether oxygens (including phenoxy) is 1. The molecule has 1 aromatic carbocycles. The van der Waals surface area contributed by atoms with E-state index in [4.69, 9.17) is 9.15 Å². The Bertz CT molecular complexity index is 907. The molecule has 152 valence electrons.